The van der Waals surface area contributed by atoms with Gasteiger partial charge in [0.1, 0.15) is 4.88 Å². The minimum absolute atomic E-state index is 0.143. The SMILES string of the molecule is COc1ccc(NC(=O)c2sccc2N)cc1OC(F)F. The second-order valence-electron chi connectivity index (χ2n) is 3.90. The highest BCUT2D eigenvalue weighted by Gasteiger charge is 2.15. The minimum atomic E-state index is -2.99. The van der Waals surface area contributed by atoms with Gasteiger partial charge >= 0.3 is 6.61 Å². The number of rotatable bonds is 5. The maximum Gasteiger partial charge on any atom is 0.387 e. The summed E-state index contributed by atoms with van der Waals surface area (Å²) in [6.45, 7) is -2.99. The summed E-state index contributed by atoms with van der Waals surface area (Å²) in [5.74, 6) is -0.441. The maximum atomic E-state index is 12.3. The molecule has 112 valence electrons. The van der Waals surface area contributed by atoms with E-state index < -0.39 is 12.5 Å². The largest absolute Gasteiger partial charge is 0.493 e. The van der Waals surface area contributed by atoms with Crippen molar-refractivity contribution in [1.29, 1.82) is 0 Å². The Balaban J connectivity index is 2.20. The first-order valence-electron chi connectivity index (χ1n) is 5.78. The molecule has 0 atom stereocenters. The van der Waals surface area contributed by atoms with Crippen LogP contribution in [-0.4, -0.2) is 19.6 Å². The molecular weight excluding hydrogens is 302 g/mol. The summed E-state index contributed by atoms with van der Waals surface area (Å²) in [5, 5.41) is 4.25. The molecule has 8 heteroatoms. The number of carbonyl (C=O) groups excluding carboxylic acids is 1. The first-order chi connectivity index (χ1) is 10.0. The van der Waals surface area contributed by atoms with Crippen LogP contribution in [0, 0.1) is 0 Å². The summed E-state index contributed by atoms with van der Waals surface area (Å²) in [7, 11) is 1.33. The smallest absolute Gasteiger partial charge is 0.387 e. The Kier molecular flexibility index (Phi) is 4.59. The minimum Gasteiger partial charge on any atom is -0.493 e. The van der Waals surface area contributed by atoms with Gasteiger partial charge in [-0.15, -0.1) is 11.3 Å². The molecule has 3 N–H and O–H groups in total. The number of hydrogen-bond donors (Lipinski definition) is 2. The van der Waals surface area contributed by atoms with Gasteiger partial charge in [0.2, 0.25) is 0 Å². The van der Waals surface area contributed by atoms with E-state index in [-0.39, 0.29) is 11.5 Å². The summed E-state index contributed by atoms with van der Waals surface area (Å²) in [6.07, 6.45) is 0. The van der Waals surface area contributed by atoms with Crippen molar-refractivity contribution in [2.75, 3.05) is 18.2 Å². The third kappa shape index (κ3) is 3.60. The van der Waals surface area contributed by atoms with Crippen LogP contribution in [0.4, 0.5) is 20.2 Å². The van der Waals surface area contributed by atoms with Crippen LogP contribution in [0.25, 0.3) is 0 Å². The molecule has 1 heterocycles. The molecule has 0 fully saturated rings. The number of halogens is 2. The fraction of sp³-hybridized carbons (Fsp3) is 0.154. The van der Waals surface area contributed by atoms with E-state index in [1.54, 1.807) is 11.4 Å². The van der Waals surface area contributed by atoms with Gasteiger partial charge in [0.15, 0.2) is 11.5 Å². The summed E-state index contributed by atoms with van der Waals surface area (Å²) < 4.78 is 33.9. The molecule has 0 bridgehead atoms. The Morgan fingerprint density at radius 2 is 2.10 bits per heavy atom. The van der Waals surface area contributed by atoms with Crippen molar-refractivity contribution in [3.05, 3.63) is 34.5 Å². The van der Waals surface area contributed by atoms with Crippen molar-refractivity contribution in [2.45, 2.75) is 6.61 Å². The molecule has 2 aromatic rings. The lowest BCUT2D eigenvalue weighted by molar-refractivity contribution is -0.0511. The molecule has 0 unspecified atom stereocenters. The Labute approximate surface area is 123 Å². The Hall–Kier alpha value is -2.35. The number of nitrogen functional groups attached to an aromatic ring is 1. The number of amides is 1. The average molecular weight is 314 g/mol. The number of hydrogen-bond acceptors (Lipinski definition) is 5. The van der Waals surface area contributed by atoms with Gasteiger partial charge in [-0.3, -0.25) is 4.79 Å². The summed E-state index contributed by atoms with van der Waals surface area (Å²) in [4.78, 5) is 12.3. The second-order valence-corrected chi connectivity index (χ2v) is 4.82. The predicted molar refractivity (Wildman–Crippen MR) is 76.3 cm³/mol. The maximum absolute atomic E-state index is 12.3. The number of benzene rings is 1. The first-order valence-corrected chi connectivity index (χ1v) is 6.66. The van der Waals surface area contributed by atoms with Gasteiger partial charge in [-0.25, -0.2) is 0 Å². The van der Waals surface area contributed by atoms with E-state index >= 15 is 0 Å². The van der Waals surface area contributed by atoms with Gasteiger partial charge in [-0.05, 0) is 23.6 Å². The van der Waals surface area contributed by atoms with Gasteiger partial charge in [0, 0.05) is 11.8 Å². The number of anilines is 2. The number of alkyl halides is 2. The van der Waals surface area contributed by atoms with Crippen molar-refractivity contribution >= 4 is 28.6 Å². The highest BCUT2D eigenvalue weighted by Crippen LogP contribution is 2.32. The van der Waals surface area contributed by atoms with Gasteiger partial charge in [-0.2, -0.15) is 8.78 Å². The standard InChI is InChI=1S/C13H12F2N2O3S/c1-19-9-3-2-7(6-10(9)20-13(14)15)17-12(18)11-8(16)4-5-21-11/h2-6,13H,16H2,1H3,(H,17,18). The quantitative estimate of drug-likeness (QED) is 0.889. The number of nitrogens with one attached hydrogen (secondary N) is 1. The van der Waals surface area contributed by atoms with Crippen LogP contribution in [-0.2, 0) is 0 Å². The van der Waals surface area contributed by atoms with Crippen molar-refractivity contribution in [2.24, 2.45) is 0 Å². The Morgan fingerprint density at radius 1 is 1.33 bits per heavy atom. The zero-order valence-corrected chi connectivity index (χ0v) is 11.7. The summed E-state index contributed by atoms with van der Waals surface area (Å²) >= 11 is 1.19. The monoisotopic (exact) mass is 314 g/mol. The fourth-order valence-corrected chi connectivity index (χ4v) is 2.35. The molecule has 0 aliphatic carbocycles. The van der Waals surface area contributed by atoms with Crippen LogP contribution in [0.5, 0.6) is 11.5 Å². The zero-order valence-electron chi connectivity index (χ0n) is 10.9. The normalized spacial score (nSPS) is 10.5. The molecule has 21 heavy (non-hydrogen) atoms. The topological polar surface area (TPSA) is 73.6 Å². The lowest BCUT2D eigenvalue weighted by atomic mass is 10.2. The molecule has 1 aromatic heterocycles. The fourth-order valence-electron chi connectivity index (χ4n) is 1.63. The van der Waals surface area contributed by atoms with Crippen molar-refractivity contribution in [3.8, 4) is 11.5 Å². The highest BCUT2D eigenvalue weighted by molar-refractivity contribution is 7.12. The molecule has 0 saturated heterocycles. The molecule has 1 amide bonds. The van der Waals surface area contributed by atoms with Crippen molar-refractivity contribution < 1.29 is 23.0 Å². The zero-order chi connectivity index (χ0) is 15.4. The van der Waals surface area contributed by atoms with E-state index in [0.29, 0.717) is 16.3 Å². The van der Waals surface area contributed by atoms with E-state index in [0.717, 1.165) is 0 Å². The van der Waals surface area contributed by atoms with E-state index in [2.05, 4.69) is 10.1 Å². The Bertz CT molecular complexity index is 646. The number of nitrogens with two attached hydrogens (primary N) is 1. The van der Waals surface area contributed by atoms with Gasteiger partial charge in [0.05, 0.1) is 12.8 Å². The first kappa shape index (κ1) is 15.0. The summed E-state index contributed by atoms with van der Waals surface area (Å²) in [5.41, 5.74) is 6.29. The van der Waals surface area contributed by atoms with Crippen molar-refractivity contribution in [3.63, 3.8) is 0 Å². The predicted octanol–water partition coefficient (Wildman–Crippen LogP) is 3.19. The van der Waals surface area contributed by atoms with Gasteiger partial charge in [-0.1, -0.05) is 0 Å². The van der Waals surface area contributed by atoms with Crippen LogP contribution in [0.3, 0.4) is 0 Å². The molecule has 0 spiro atoms. The van der Waals surface area contributed by atoms with E-state index in [4.69, 9.17) is 10.5 Å². The van der Waals surface area contributed by atoms with Crippen LogP contribution in [0.15, 0.2) is 29.6 Å². The lowest BCUT2D eigenvalue weighted by Crippen LogP contribution is -2.12. The molecule has 0 aliphatic heterocycles. The highest BCUT2D eigenvalue weighted by atomic mass is 32.1. The van der Waals surface area contributed by atoms with Crippen LogP contribution < -0.4 is 20.5 Å². The van der Waals surface area contributed by atoms with E-state index in [1.165, 1.54) is 36.6 Å². The molecular formula is C13H12F2N2O3S. The number of ether oxygens (including phenoxy) is 2. The molecule has 0 aliphatic rings. The molecule has 0 saturated carbocycles. The number of methoxy groups -OCH3 is 1. The number of carbonyl (C=O) groups is 1. The summed E-state index contributed by atoms with van der Waals surface area (Å²) in [6, 6.07) is 5.80. The van der Waals surface area contributed by atoms with Gasteiger partial charge < -0.3 is 20.5 Å². The van der Waals surface area contributed by atoms with Gasteiger partial charge in [0.25, 0.3) is 5.91 Å². The van der Waals surface area contributed by atoms with E-state index in [9.17, 15) is 13.6 Å². The molecule has 5 nitrogen and oxygen atoms in total. The third-order valence-corrected chi connectivity index (χ3v) is 3.47. The third-order valence-electron chi connectivity index (χ3n) is 2.54. The molecule has 2 rings (SSSR count). The van der Waals surface area contributed by atoms with Crippen LogP contribution in [0.1, 0.15) is 9.67 Å². The molecule has 0 radical (unpaired) electrons. The Morgan fingerprint density at radius 3 is 2.67 bits per heavy atom. The number of thiophene rings is 1. The van der Waals surface area contributed by atoms with Crippen LogP contribution >= 0.6 is 11.3 Å². The lowest BCUT2D eigenvalue weighted by Gasteiger charge is -2.12. The van der Waals surface area contributed by atoms with Crippen molar-refractivity contribution in [1.82, 2.24) is 0 Å². The van der Waals surface area contributed by atoms with E-state index in [1.807, 2.05) is 0 Å². The molecule has 1 aromatic carbocycles. The average Bonchev–Trinajstić information content (AvgIpc) is 2.85. The van der Waals surface area contributed by atoms with Crippen LogP contribution in [0.2, 0.25) is 0 Å². The second kappa shape index (κ2) is 6.40.